The van der Waals surface area contributed by atoms with Crippen LogP contribution in [0.2, 0.25) is 0 Å². The lowest BCUT2D eigenvalue weighted by molar-refractivity contribution is 0.699. The van der Waals surface area contributed by atoms with Gasteiger partial charge in [0, 0.05) is 10.6 Å². The molecule has 0 bridgehead atoms. The lowest BCUT2D eigenvalue weighted by Gasteiger charge is -2.14. The maximum absolute atomic E-state index is 13.7. The Balaban J connectivity index is 1.60. The predicted octanol–water partition coefficient (Wildman–Crippen LogP) is 5.97. The molecule has 152 valence electrons. The molecule has 0 unspecified atom stereocenters. The third kappa shape index (κ3) is 3.72. The Kier molecular flexibility index (Phi) is 5.48. The van der Waals surface area contributed by atoms with Gasteiger partial charge in [0.1, 0.15) is 4.83 Å². The number of rotatable bonds is 5. The molecule has 1 aliphatic carbocycles. The number of hydrogen-bond acceptors (Lipinski definition) is 4. The van der Waals surface area contributed by atoms with Crippen LogP contribution < -0.4 is 5.56 Å². The zero-order valence-corrected chi connectivity index (χ0v) is 18.7. The van der Waals surface area contributed by atoms with Crippen LogP contribution in [0.15, 0.2) is 64.5 Å². The Bertz CT molecular complexity index is 1260. The van der Waals surface area contributed by atoms with E-state index in [2.05, 4.69) is 43.3 Å². The molecule has 5 rings (SSSR count). The fourth-order valence-corrected chi connectivity index (χ4v) is 6.49. The third-order valence-corrected chi connectivity index (χ3v) is 7.81. The van der Waals surface area contributed by atoms with Gasteiger partial charge in [-0.25, -0.2) is 4.98 Å². The van der Waals surface area contributed by atoms with Gasteiger partial charge in [0.25, 0.3) is 5.56 Å². The molecule has 30 heavy (non-hydrogen) atoms. The van der Waals surface area contributed by atoms with Crippen LogP contribution in [-0.4, -0.2) is 15.3 Å². The SMILES string of the molecule is Cc1cccc(-n2c(SCCc3ccccc3)nc3sc4c(c3c2=O)CCCC4)c1. The van der Waals surface area contributed by atoms with Crippen LogP contribution in [0.3, 0.4) is 0 Å². The lowest BCUT2D eigenvalue weighted by atomic mass is 9.97. The van der Waals surface area contributed by atoms with Crippen LogP contribution in [0.25, 0.3) is 15.9 Å². The zero-order valence-electron chi connectivity index (χ0n) is 17.1. The summed E-state index contributed by atoms with van der Waals surface area (Å²) in [5.74, 6) is 0.888. The molecule has 5 heteroatoms. The molecule has 2 aromatic carbocycles. The minimum atomic E-state index is 0.0900. The van der Waals surface area contributed by atoms with E-state index in [0.29, 0.717) is 0 Å². The molecule has 1 aliphatic rings. The summed E-state index contributed by atoms with van der Waals surface area (Å²) in [4.78, 5) is 21.0. The van der Waals surface area contributed by atoms with Gasteiger partial charge in [0.15, 0.2) is 5.16 Å². The maximum Gasteiger partial charge on any atom is 0.267 e. The van der Waals surface area contributed by atoms with Crippen LogP contribution in [0.1, 0.15) is 34.4 Å². The Labute approximate surface area is 184 Å². The van der Waals surface area contributed by atoms with Crippen molar-refractivity contribution in [2.75, 3.05) is 5.75 Å². The highest BCUT2D eigenvalue weighted by atomic mass is 32.2. The van der Waals surface area contributed by atoms with Gasteiger partial charge >= 0.3 is 0 Å². The molecule has 3 nitrogen and oxygen atoms in total. The summed E-state index contributed by atoms with van der Waals surface area (Å²) in [6.45, 7) is 2.06. The Morgan fingerprint density at radius 2 is 1.90 bits per heavy atom. The smallest absolute Gasteiger partial charge is 0.267 e. The number of fused-ring (bicyclic) bond motifs is 3. The molecule has 0 amide bonds. The number of thioether (sulfide) groups is 1. The summed E-state index contributed by atoms with van der Waals surface area (Å²) < 4.78 is 1.84. The average molecular weight is 433 g/mol. The molecular weight excluding hydrogens is 408 g/mol. The maximum atomic E-state index is 13.7. The summed E-state index contributed by atoms with van der Waals surface area (Å²) in [5.41, 5.74) is 4.70. The number of nitrogens with zero attached hydrogens (tertiary/aromatic N) is 2. The molecule has 0 spiro atoms. The highest BCUT2D eigenvalue weighted by molar-refractivity contribution is 7.99. The molecule has 0 N–H and O–H groups in total. The molecule has 0 aliphatic heterocycles. The van der Waals surface area contributed by atoms with Crippen LogP contribution in [0, 0.1) is 6.92 Å². The van der Waals surface area contributed by atoms with Crippen LogP contribution in [-0.2, 0) is 19.3 Å². The number of aryl methyl sites for hydroxylation is 4. The van der Waals surface area contributed by atoms with Crippen molar-refractivity contribution >= 4 is 33.3 Å². The van der Waals surface area contributed by atoms with E-state index in [1.165, 1.54) is 22.4 Å². The van der Waals surface area contributed by atoms with Crippen molar-refractivity contribution in [3.05, 3.63) is 86.5 Å². The van der Waals surface area contributed by atoms with Crippen LogP contribution in [0.4, 0.5) is 0 Å². The molecule has 0 saturated heterocycles. The van der Waals surface area contributed by atoms with E-state index in [1.807, 2.05) is 22.8 Å². The van der Waals surface area contributed by atoms with Crippen molar-refractivity contribution in [2.45, 2.75) is 44.2 Å². The first-order chi connectivity index (χ1) is 14.7. The van der Waals surface area contributed by atoms with Gasteiger partial charge in [-0.2, -0.15) is 0 Å². The average Bonchev–Trinajstić information content (AvgIpc) is 3.13. The summed E-state index contributed by atoms with van der Waals surface area (Å²) >= 11 is 3.40. The Hall–Kier alpha value is -2.37. The fourth-order valence-electron chi connectivity index (χ4n) is 4.18. The minimum Gasteiger partial charge on any atom is -0.268 e. The standard InChI is InChI=1S/C25H24N2OS2/c1-17-8-7-11-19(16-17)27-24(28)22-20-12-5-6-13-21(20)30-23(22)26-25(27)29-15-14-18-9-3-2-4-10-18/h2-4,7-11,16H,5-6,12-15H2,1H3. The van der Waals surface area contributed by atoms with Crippen molar-refractivity contribution in [1.29, 1.82) is 0 Å². The second kappa shape index (κ2) is 8.40. The fraction of sp³-hybridized carbons (Fsp3) is 0.280. The quantitative estimate of drug-likeness (QED) is 0.288. The van der Waals surface area contributed by atoms with Crippen molar-refractivity contribution in [1.82, 2.24) is 9.55 Å². The van der Waals surface area contributed by atoms with Gasteiger partial charge < -0.3 is 0 Å². The predicted molar refractivity (Wildman–Crippen MR) is 127 cm³/mol. The summed E-state index contributed by atoms with van der Waals surface area (Å²) in [6, 6.07) is 18.7. The molecular formula is C25H24N2OS2. The number of benzene rings is 2. The van der Waals surface area contributed by atoms with E-state index < -0.39 is 0 Å². The minimum absolute atomic E-state index is 0.0900. The van der Waals surface area contributed by atoms with Gasteiger partial charge in [-0.1, -0.05) is 54.2 Å². The Morgan fingerprint density at radius 1 is 1.07 bits per heavy atom. The van der Waals surface area contributed by atoms with Gasteiger partial charge in [-0.3, -0.25) is 9.36 Å². The zero-order chi connectivity index (χ0) is 20.5. The van der Waals surface area contributed by atoms with E-state index in [0.717, 1.165) is 58.1 Å². The van der Waals surface area contributed by atoms with Gasteiger partial charge in [0.2, 0.25) is 0 Å². The molecule has 0 fully saturated rings. The highest BCUT2D eigenvalue weighted by Crippen LogP contribution is 2.35. The summed E-state index contributed by atoms with van der Waals surface area (Å²) in [5, 5.41) is 1.65. The lowest BCUT2D eigenvalue weighted by Crippen LogP contribution is -2.22. The van der Waals surface area contributed by atoms with Gasteiger partial charge in [0.05, 0.1) is 11.1 Å². The van der Waals surface area contributed by atoms with Crippen molar-refractivity contribution in [3.63, 3.8) is 0 Å². The van der Waals surface area contributed by atoms with Crippen molar-refractivity contribution in [2.24, 2.45) is 0 Å². The number of thiophene rings is 1. The topological polar surface area (TPSA) is 34.9 Å². The largest absolute Gasteiger partial charge is 0.268 e. The van der Waals surface area contributed by atoms with E-state index in [1.54, 1.807) is 23.1 Å². The first kappa shape index (κ1) is 19.6. The molecule has 2 aromatic heterocycles. The van der Waals surface area contributed by atoms with E-state index in [4.69, 9.17) is 4.98 Å². The van der Waals surface area contributed by atoms with Gasteiger partial charge in [-0.15, -0.1) is 11.3 Å². The highest BCUT2D eigenvalue weighted by Gasteiger charge is 2.22. The molecule has 0 atom stereocenters. The summed E-state index contributed by atoms with van der Waals surface area (Å²) in [6.07, 6.45) is 5.41. The van der Waals surface area contributed by atoms with Crippen molar-refractivity contribution < 1.29 is 0 Å². The van der Waals surface area contributed by atoms with Crippen LogP contribution >= 0.6 is 23.1 Å². The molecule has 2 heterocycles. The number of hydrogen-bond donors (Lipinski definition) is 0. The molecule has 0 saturated carbocycles. The van der Waals surface area contributed by atoms with Crippen LogP contribution in [0.5, 0.6) is 0 Å². The summed E-state index contributed by atoms with van der Waals surface area (Å²) in [7, 11) is 0. The van der Waals surface area contributed by atoms with E-state index >= 15 is 0 Å². The first-order valence-corrected chi connectivity index (χ1v) is 12.3. The monoisotopic (exact) mass is 432 g/mol. The normalized spacial score (nSPS) is 13.5. The van der Waals surface area contributed by atoms with E-state index in [9.17, 15) is 4.79 Å². The third-order valence-electron chi connectivity index (χ3n) is 5.68. The van der Waals surface area contributed by atoms with E-state index in [-0.39, 0.29) is 5.56 Å². The number of aromatic nitrogens is 2. The first-order valence-electron chi connectivity index (χ1n) is 10.5. The molecule has 0 radical (unpaired) electrons. The second-order valence-corrected chi connectivity index (χ2v) is 9.99. The molecule has 4 aromatic rings. The Morgan fingerprint density at radius 3 is 2.73 bits per heavy atom. The van der Waals surface area contributed by atoms with Gasteiger partial charge in [-0.05, 0) is 67.9 Å². The second-order valence-electron chi connectivity index (χ2n) is 7.85. The van der Waals surface area contributed by atoms with Crippen molar-refractivity contribution in [3.8, 4) is 5.69 Å².